The molecule has 1 aliphatic heterocycles. The minimum Gasteiger partial charge on any atom is -0.474 e. The van der Waals surface area contributed by atoms with Crippen LogP contribution in [0.1, 0.15) is 37.7 Å². The SMILES string of the molecule is CN=C(NCc1ccc(OC2CCCC2)nc1)NC1CCS(=O)(=O)C1. The molecule has 0 aromatic carbocycles. The van der Waals surface area contributed by atoms with Gasteiger partial charge >= 0.3 is 0 Å². The molecule has 3 rings (SSSR count). The highest BCUT2D eigenvalue weighted by Crippen LogP contribution is 2.22. The summed E-state index contributed by atoms with van der Waals surface area (Å²) < 4.78 is 28.9. The van der Waals surface area contributed by atoms with Crippen molar-refractivity contribution >= 4 is 15.8 Å². The van der Waals surface area contributed by atoms with Crippen molar-refractivity contribution in [3.63, 3.8) is 0 Å². The summed E-state index contributed by atoms with van der Waals surface area (Å²) in [5, 5.41) is 6.36. The van der Waals surface area contributed by atoms with Crippen LogP contribution in [0.2, 0.25) is 0 Å². The van der Waals surface area contributed by atoms with Crippen LogP contribution in [-0.2, 0) is 16.4 Å². The molecule has 2 N–H and O–H groups in total. The molecule has 1 saturated carbocycles. The van der Waals surface area contributed by atoms with Gasteiger partial charge in [0.15, 0.2) is 15.8 Å². The zero-order chi connectivity index (χ0) is 17.7. The molecule has 0 spiro atoms. The van der Waals surface area contributed by atoms with E-state index in [9.17, 15) is 8.42 Å². The van der Waals surface area contributed by atoms with Gasteiger partial charge in [-0.25, -0.2) is 13.4 Å². The fourth-order valence-corrected chi connectivity index (χ4v) is 4.92. The van der Waals surface area contributed by atoms with Crippen molar-refractivity contribution in [2.45, 2.75) is 50.8 Å². The quantitative estimate of drug-likeness (QED) is 0.602. The van der Waals surface area contributed by atoms with E-state index in [0.29, 0.717) is 30.9 Å². The molecule has 2 fully saturated rings. The monoisotopic (exact) mass is 366 g/mol. The number of hydrogen-bond donors (Lipinski definition) is 2. The van der Waals surface area contributed by atoms with Crippen LogP contribution in [0.25, 0.3) is 0 Å². The predicted octanol–water partition coefficient (Wildman–Crippen LogP) is 1.26. The van der Waals surface area contributed by atoms with Crippen LogP contribution in [0, 0.1) is 0 Å². The molecule has 0 amide bonds. The lowest BCUT2D eigenvalue weighted by molar-refractivity contribution is 0.201. The third-order valence-electron chi connectivity index (χ3n) is 4.64. The first-order valence-corrected chi connectivity index (χ1v) is 10.7. The summed E-state index contributed by atoms with van der Waals surface area (Å²) >= 11 is 0. The molecule has 1 aliphatic carbocycles. The van der Waals surface area contributed by atoms with E-state index in [-0.39, 0.29) is 17.5 Å². The maximum absolute atomic E-state index is 11.5. The third kappa shape index (κ3) is 5.32. The summed E-state index contributed by atoms with van der Waals surface area (Å²) in [6.45, 7) is 0.565. The molecule has 2 heterocycles. The first-order valence-electron chi connectivity index (χ1n) is 8.83. The van der Waals surface area contributed by atoms with Gasteiger partial charge in [0.05, 0.1) is 11.5 Å². The maximum atomic E-state index is 11.5. The van der Waals surface area contributed by atoms with E-state index in [1.165, 1.54) is 12.8 Å². The van der Waals surface area contributed by atoms with Crippen molar-refractivity contribution in [1.82, 2.24) is 15.6 Å². The van der Waals surface area contributed by atoms with Crippen LogP contribution in [0.15, 0.2) is 23.3 Å². The number of rotatable bonds is 5. The van der Waals surface area contributed by atoms with E-state index in [1.807, 2.05) is 12.1 Å². The number of pyridine rings is 1. The number of ether oxygens (including phenoxy) is 1. The second-order valence-electron chi connectivity index (χ2n) is 6.70. The van der Waals surface area contributed by atoms with Crippen molar-refractivity contribution in [3.8, 4) is 5.88 Å². The van der Waals surface area contributed by atoms with Crippen LogP contribution in [0.5, 0.6) is 5.88 Å². The summed E-state index contributed by atoms with van der Waals surface area (Å²) in [5.74, 6) is 1.69. The molecule has 0 radical (unpaired) electrons. The highest BCUT2D eigenvalue weighted by Gasteiger charge is 2.28. The molecule has 1 unspecified atom stereocenters. The van der Waals surface area contributed by atoms with Crippen molar-refractivity contribution in [1.29, 1.82) is 0 Å². The summed E-state index contributed by atoms with van der Waals surface area (Å²) in [4.78, 5) is 8.52. The van der Waals surface area contributed by atoms with Crippen LogP contribution < -0.4 is 15.4 Å². The Bertz CT molecular complexity index is 697. The third-order valence-corrected chi connectivity index (χ3v) is 6.41. The number of aliphatic imine (C=N–C) groups is 1. The van der Waals surface area contributed by atoms with E-state index in [4.69, 9.17) is 4.74 Å². The lowest BCUT2D eigenvalue weighted by atomic mass is 10.2. The smallest absolute Gasteiger partial charge is 0.213 e. The van der Waals surface area contributed by atoms with Crippen molar-refractivity contribution in [3.05, 3.63) is 23.9 Å². The molecule has 1 aromatic heterocycles. The van der Waals surface area contributed by atoms with E-state index >= 15 is 0 Å². The van der Waals surface area contributed by atoms with Gasteiger partial charge in [0.2, 0.25) is 5.88 Å². The first kappa shape index (κ1) is 18.0. The van der Waals surface area contributed by atoms with Crippen LogP contribution in [-0.4, -0.2) is 50.1 Å². The molecular weight excluding hydrogens is 340 g/mol. The van der Waals surface area contributed by atoms with Gasteiger partial charge in [-0.2, -0.15) is 0 Å². The highest BCUT2D eigenvalue weighted by molar-refractivity contribution is 7.91. The Balaban J connectivity index is 1.46. The molecule has 0 bridgehead atoms. The Morgan fingerprint density at radius 1 is 1.32 bits per heavy atom. The molecule has 7 nitrogen and oxygen atoms in total. The zero-order valence-corrected chi connectivity index (χ0v) is 15.4. The van der Waals surface area contributed by atoms with Crippen LogP contribution >= 0.6 is 0 Å². The number of guanidine groups is 1. The Labute approximate surface area is 149 Å². The number of nitrogens with one attached hydrogen (secondary N) is 2. The summed E-state index contributed by atoms with van der Waals surface area (Å²) in [5.41, 5.74) is 1.01. The Hall–Kier alpha value is -1.83. The average Bonchev–Trinajstić information content (AvgIpc) is 3.22. The van der Waals surface area contributed by atoms with E-state index in [2.05, 4.69) is 20.6 Å². The molecule has 25 heavy (non-hydrogen) atoms. The lowest BCUT2D eigenvalue weighted by Gasteiger charge is -2.16. The molecule has 138 valence electrons. The van der Waals surface area contributed by atoms with Gasteiger partial charge in [-0.15, -0.1) is 0 Å². The zero-order valence-electron chi connectivity index (χ0n) is 14.6. The highest BCUT2D eigenvalue weighted by atomic mass is 32.2. The number of nitrogens with zero attached hydrogens (tertiary/aromatic N) is 2. The molecule has 1 aromatic rings. The molecular formula is C17H26N4O3S. The van der Waals surface area contributed by atoms with Gasteiger partial charge in [-0.1, -0.05) is 6.07 Å². The van der Waals surface area contributed by atoms with Gasteiger partial charge < -0.3 is 15.4 Å². The van der Waals surface area contributed by atoms with Gasteiger partial charge in [0, 0.05) is 31.9 Å². The minimum absolute atomic E-state index is 0.0727. The van der Waals surface area contributed by atoms with Gasteiger partial charge in [0.25, 0.3) is 0 Å². The van der Waals surface area contributed by atoms with Crippen molar-refractivity contribution < 1.29 is 13.2 Å². The summed E-state index contributed by atoms with van der Waals surface area (Å²) in [6.07, 6.45) is 7.43. The summed E-state index contributed by atoms with van der Waals surface area (Å²) in [6, 6.07) is 3.81. The average molecular weight is 366 g/mol. The fraction of sp³-hybridized carbons (Fsp3) is 0.647. The predicted molar refractivity (Wildman–Crippen MR) is 97.5 cm³/mol. The Morgan fingerprint density at radius 2 is 2.12 bits per heavy atom. The maximum Gasteiger partial charge on any atom is 0.213 e. The first-order chi connectivity index (χ1) is 12.0. The van der Waals surface area contributed by atoms with E-state index < -0.39 is 9.84 Å². The van der Waals surface area contributed by atoms with Gasteiger partial charge in [-0.3, -0.25) is 4.99 Å². The van der Waals surface area contributed by atoms with Crippen molar-refractivity contribution in [2.75, 3.05) is 18.6 Å². The number of hydrogen-bond acceptors (Lipinski definition) is 5. The normalized spacial score (nSPS) is 23.6. The number of sulfone groups is 1. The topological polar surface area (TPSA) is 92.7 Å². The Morgan fingerprint density at radius 3 is 2.72 bits per heavy atom. The molecule has 1 atom stereocenters. The Kier molecular flexibility index (Phi) is 5.78. The van der Waals surface area contributed by atoms with Gasteiger partial charge in [-0.05, 0) is 37.7 Å². The van der Waals surface area contributed by atoms with E-state index in [1.54, 1.807) is 13.2 Å². The lowest BCUT2D eigenvalue weighted by Crippen LogP contribution is -2.43. The fourth-order valence-electron chi connectivity index (χ4n) is 3.24. The largest absolute Gasteiger partial charge is 0.474 e. The second kappa shape index (κ2) is 8.03. The second-order valence-corrected chi connectivity index (χ2v) is 8.93. The van der Waals surface area contributed by atoms with Gasteiger partial charge in [0.1, 0.15) is 6.10 Å². The molecule has 1 saturated heterocycles. The van der Waals surface area contributed by atoms with Crippen LogP contribution in [0.3, 0.4) is 0 Å². The standard InChI is InChI=1S/C17H26N4O3S/c1-18-17(21-14-8-9-25(22,23)12-14)20-11-13-6-7-16(19-10-13)24-15-4-2-3-5-15/h6-7,10,14-15H,2-5,8-9,11-12H2,1H3,(H2,18,20,21). The van der Waals surface area contributed by atoms with Crippen molar-refractivity contribution in [2.24, 2.45) is 4.99 Å². The van der Waals surface area contributed by atoms with Crippen LogP contribution in [0.4, 0.5) is 0 Å². The summed E-state index contributed by atoms with van der Waals surface area (Å²) in [7, 11) is -1.22. The van der Waals surface area contributed by atoms with E-state index in [0.717, 1.165) is 18.4 Å². The molecule has 2 aliphatic rings. The molecule has 8 heteroatoms. The minimum atomic E-state index is -2.90. The number of aromatic nitrogens is 1.